The smallest absolute Gasteiger partial charge is 0.416 e. The molecule has 4 heterocycles. The zero-order valence-corrected chi connectivity index (χ0v) is 20.9. The van der Waals surface area contributed by atoms with Gasteiger partial charge in [-0.3, -0.25) is 4.98 Å². The highest BCUT2D eigenvalue weighted by atomic mass is 19.4. The van der Waals surface area contributed by atoms with Gasteiger partial charge in [-0.1, -0.05) is 18.2 Å². The number of hydrogen-bond donors (Lipinski definition) is 1. The third-order valence-corrected chi connectivity index (χ3v) is 6.37. The molecule has 0 fully saturated rings. The van der Waals surface area contributed by atoms with Crippen LogP contribution >= 0.6 is 0 Å². The van der Waals surface area contributed by atoms with Crippen LogP contribution in [0.3, 0.4) is 0 Å². The van der Waals surface area contributed by atoms with Crippen LogP contribution in [-0.2, 0) is 13.2 Å². The third kappa shape index (κ3) is 4.72. The molecular weight excluding hydrogens is 505 g/mol. The molecule has 0 aliphatic carbocycles. The van der Waals surface area contributed by atoms with Gasteiger partial charge in [-0.2, -0.15) is 13.2 Å². The summed E-state index contributed by atoms with van der Waals surface area (Å²) < 4.78 is 47.1. The average molecular weight is 527 g/mol. The molecule has 10 heteroatoms. The van der Waals surface area contributed by atoms with Crippen LogP contribution in [0.2, 0.25) is 0 Å². The van der Waals surface area contributed by atoms with Crippen LogP contribution < -0.4 is 5.32 Å². The molecule has 0 saturated carbocycles. The van der Waals surface area contributed by atoms with E-state index in [1.807, 2.05) is 61.1 Å². The standard InChI is InChI=1S/C29H21F3N6O/c1-17-8-9-19(28-35-24(16-39-28)18-5-3-7-21(13-18)29(30,31)32)14-23(17)34-26-22-10-12-38(2)27(22)37-25(36-26)20-6-4-11-33-15-20/h3-16H,1-2H3,(H,34,36,37). The summed E-state index contributed by atoms with van der Waals surface area (Å²) in [7, 11) is 1.92. The molecule has 0 aliphatic heterocycles. The van der Waals surface area contributed by atoms with Gasteiger partial charge in [0.2, 0.25) is 5.89 Å². The van der Waals surface area contributed by atoms with E-state index >= 15 is 0 Å². The summed E-state index contributed by atoms with van der Waals surface area (Å²) in [5.74, 6) is 1.44. The van der Waals surface area contributed by atoms with Crippen LogP contribution in [0, 0.1) is 6.92 Å². The Morgan fingerprint density at radius 2 is 1.74 bits per heavy atom. The molecule has 2 aromatic carbocycles. The van der Waals surface area contributed by atoms with Gasteiger partial charge in [0.25, 0.3) is 0 Å². The Morgan fingerprint density at radius 3 is 2.54 bits per heavy atom. The number of aromatic nitrogens is 5. The number of benzene rings is 2. The lowest BCUT2D eigenvalue weighted by molar-refractivity contribution is -0.137. The first kappa shape index (κ1) is 24.4. The van der Waals surface area contributed by atoms with Crippen LogP contribution in [0.5, 0.6) is 0 Å². The summed E-state index contributed by atoms with van der Waals surface area (Å²) in [6.07, 6.45) is 2.24. The van der Waals surface area contributed by atoms with Crippen molar-refractivity contribution in [2.24, 2.45) is 7.05 Å². The highest BCUT2D eigenvalue weighted by Crippen LogP contribution is 2.34. The number of halogens is 3. The van der Waals surface area contributed by atoms with Crippen LogP contribution in [0.15, 0.2) is 89.9 Å². The zero-order valence-electron chi connectivity index (χ0n) is 20.9. The fourth-order valence-corrected chi connectivity index (χ4v) is 4.27. The molecule has 0 atom stereocenters. The van der Waals surface area contributed by atoms with Crippen LogP contribution in [-0.4, -0.2) is 24.5 Å². The lowest BCUT2D eigenvalue weighted by Gasteiger charge is -2.12. The first-order valence-electron chi connectivity index (χ1n) is 12.0. The minimum absolute atomic E-state index is 0.286. The fraction of sp³-hybridized carbons (Fsp3) is 0.103. The maximum Gasteiger partial charge on any atom is 0.416 e. The molecule has 0 saturated heterocycles. The molecule has 4 aromatic heterocycles. The Bertz CT molecular complexity index is 1810. The number of anilines is 2. The summed E-state index contributed by atoms with van der Waals surface area (Å²) in [4.78, 5) is 18.2. The predicted octanol–water partition coefficient (Wildman–Crippen LogP) is 7.42. The van der Waals surface area contributed by atoms with Crippen molar-refractivity contribution in [1.82, 2.24) is 24.5 Å². The summed E-state index contributed by atoms with van der Waals surface area (Å²) in [6.45, 7) is 1.96. The lowest BCUT2D eigenvalue weighted by Crippen LogP contribution is -2.04. The molecule has 39 heavy (non-hydrogen) atoms. The van der Waals surface area contributed by atoms with E-state index < -0.39 is 11.7 Å². The van der Waals surface area contributed by atoms with Crippen molar-refractivity contribution in [1.29, 1.82) is 0 Å². The van der Waals surface area contributed by atoms with E-state index in [4.69, 9.17) is 14.4 Å². The van der Waals surface area contributed by atoms with Crippen molar-refractivity contribution >= 4 is 22.5 Å². The quantitative estimate of drug-likeness (QED) is 0.252. The lowest BCUT2D eigenvalue weighted by atomic mass is 10.1. The minimum Gasteiger partial charge on any atom is -0.444 e. The molecule has 0 bridgehead atoms. The Balaban J connectivity index is 1.36. The predicted molar refractivity (Wildman–Crippen MR) is 142 cm³/mol. The second-order valence-electron chi connectivity index (χ2n) is 9.07. The molecule has 0 aliphatic rings. The maximum atomic E-state index is 13.2. The van der Waals surface area contributed by atoms with E-state index in [1.165, 1.54) is 12.3 Å². The van der Waals surface area contributed by atoms with Gasteiger partial charge >= 0.3 is 6.18 Å². The highest BCUT2D eigenvalue weighted by Gasteiger charge is 2.30. The van der Waals surface area contributed by atoms with Crippen molar-refractivity contribution in [2.75, 3.05) is 5.32 Å². The highest BCUT2D eigenvalue weighted by molar-refractivity contribution is 5.91. The fourth-order valence-electron chi connectivity index (χ4n) is 4.27. The Morgan fingerprint density at radius 1 is 0.897 bits per heavy atom. The molecule has 0 spiro atoms. The number of pyridine rings is 1. The molecule has 0 unspecified atom stereocenters. The van der Waals surface area contributed by atoms with Gasteiger partial charge in [0, 0.05) is 48.0 Å². The Hall–Kier alpha value is -4.99. The molecule has 0 radical (unpaired) electrons. The monoisotopic (exact) mass is 526 g/mol. The van der Waals surface area contributed by atoms with Gasteiger partial charge in [-0.05, 0) is 55.0 Å². The first-order chi connectivity index (χ1) is 18.8. The number of nitrogens with one attached hydrogen (secondary N) is 1. The second-order valence-corrected chi connectivity index (χ2v) is 9.07. The zero-order chi connectivity index (χ0) is 27.1. The van der Waals surface area contributed by atoms with Crippen molar-refractivity contribution in [3.05, 3.63) is 96.6 Å². The van der Waals surface area contributed by atoms with Gasteiger partial charge < -0.3 is 14.3 Å². The van der Waals surface area contributed by atoms with Gasteiger partial charge in [0.15, 0.2) is 5.82 Å². The van der Waals surface area contributed by atoms with Gasteiger partial charge in [0.05, 0.1) is 10.9 Å². The minimum atomic E-state index is -4.44. The maximum absolute atomic E-state index is 13.2. The number of oxazole rings is 1. The number of alkyl halides is 3. The SMILES string of the molecule is Cc1ccc(-c2nc(-c3cccc(C(F)(F)F)c3)co2)cc1Nc1nc(-c2cccnc2)nc2c1ccn2C. The molecule has 6 aromatic rings. The Kier molecular flexibility index (Phi) is 5.86. The molecule has 6 rings (SSSR count). The Labute approximate surface area is 221 Å². The number of aryl methyl sites for hydroxylation is 2. The van der Waals surface area contributed by atoms with Crippen molar-refractivity contribution in [3.8, 4) is 34.1 Å². The number of hydrogen-bond acceptors (Lipinski definition) is 6. The number of rotatable bonds is 5. The molecule has 1 N–H and O–H groups in total. The summed E-state index contributed by atoms with van der Waals surface area (Å²) in [5, 5.41) is 4.28. The molecule has 194 valence electrons. The van der Waals surface area contributed by atoms with E-state index in [1.54, 1.807) is 18.5 Å². The summed E-state index contributed by atoms with van der Waals surface area (Å²) in [6, 6.07) is 16.3. The summed E-state index contributed by atoms with van der Waals surface area (Å²) in [5.41, 5.74) is 3.83. The van der Waals surface area contributed by atoms with E-state index in [-0.39, 0.29) is 5.89 Å². The second kappa shape index (κ2) is 9.39. The number of nitrogens with zero attached hydrogens (tertiary/aromatic N) is 5. The molecule has 7 nitrogen and oxygen atoms in total. The van der Waals surface area contributed by atoms with Crippen molar-refractivity contribution in [3.63, 3.8) is 0 Å². The van der Waals surface area contributed by atoms with Gasteiger partial charge in [-0.25, -0.2) is 15.0 Å². The first-order valence-corrected chi connectivity index (χ1v) is 12.0. The molecule has 0 amide bonds. The van der Waals surface area contributed by atoms with Crippen molar-refractivity contribution < 1.29 is 17.6 Å². The van der Waals surface area contributed by atoms with Crippen molar-refractivity contribution in [2.45, 2.75) is 13.1 Å². The largest absolute Gasteiger partial charge is 0.444 e. The summed E-state index contributed by atoms with van der Waals surface area (Å²) >= 11 is 0. The topological polar surface area (TPSA) is 81.7 Å². The number of fused-ring (bicyclic) bond motifs is 1. The van der Waals surface area contributed by atoms with Gasteiger partial charge in [0.1, 0.15) is 23.4 Å². The van der Waals surface area contributed by atoms with E-state index in [2.05, 4.69) is 15.3 Å². The van der Waals surface area contributed by atoms with Crippen LogP contribution in [0.25, 0.3) is 45.1 Å². The van der Waals surface area contributed by atoms with Crippen LogP contribution in [0.4, 0.5) is 24.7 Å². The van der Waals surface area contributed by atoms with E-state index in [0.717, 1.165) is 40.0 Å². The van der Waals surface area contributed by atoms with Gasteiger partial charge in [-0.15, -0.1) is 0 Å². The average Bonchev–Trinajstić information content (AvgIpc) is 3.58. The third-order valence-electron chi connectivity index (χ3n) is 6.37. The van der Waals surface area contributed by atoms with E-state index in [9.17, 15) is 13.2 Å². The van der Waals surface area contributed by atoms with Crippen LogP contribution in [0.1, 0.15) is 11.1 Å². The normalized spacial score (nSPS) is 11.7. The molecular formula is C29H21F3N6O. The van der Waals surface area contributed by atoms with E-state index in [0.29, 0.717) is 28.5 Å².